The summed E-state index contributed by atoms with van der Waals surface area (Å²) in [6, 6.07) is 0.222. The van der Waals surface area contributed by atoms with Crippen molar-refractivity contribution in [2.24, 2.45) is 5.92 Å². The molecule has 0 bridgehead atoms. The van der Waals surface area contributed by atoms with E-state index in [4.69, 9.17) is 5.11 Å². The molecule has 0 spiro atoms. The van der Waals surface area contributed by atoms with Crippen LogP contribution in [0.1, 0.15) is 63.0 Å². The fourth-order valence-electron chi connectivity index (χ4n) is 4.22. The van der Waals surface area contributed by atoms with Gasteiger partial charge in [-0.25, -0.2) is 4.79 Å². The highest BCUT2D eigenvalue weighted by atomic mass is 16.4. The molecule has 1 aromatic heterocycles. The van der Waals surface area contributed by atoms with Crippen molar-refractivity contribution in [2.75, 3.05) is 6.54 Å². The van der Waals surface area contributed by atoms with Gasteiger partial charge in [0.2, 0.25) is 0 Å². The van der Waals surface area contributed by atoms with E-state index in [1.807, 2.05) is 15.8 Å². The van der Waals surface area contributed by atoms with Crippen LogP contribution in [0.25, 0.3) is 0 Å². The molecule has 3 aliphatic rings. The van der Waals surface area contributed by atoms with Crippen LogP contribution in [-0.2, 0) is 11.3 Å². The molecule has 8 nitrogen and oxygen atoms in total. The predicted molar refractivity (Wildman–Crippen MR) is 93.6 cm³/mol. The first-order valence-corrected chi connectivity index (χ1v) is 9.80. The zero-order chi connectivity index (χ0) is 18.1. The average molecular weight is 361 g/mol. The number of aliphatic carboxylic acids is 1. The van der Waals surface area contributed by atoms with Gasteiger partial charge in [0.05, 0.1) is 24.2 Å². The molecular weight excluding hydrogens is 334 g/mol. The van der Waals surface area contributed by atoms with Crippen molar-refractivity contribution in [1.29, 1.82) is 0 Å². The van der Waals surface area contributed by atoms with Crippen LogP contribution in [-0.4, -0.2) is 55.6 Å². The fourth-order valence-corrected chi connectivity index (χ4v) is 4.22. The summed E-state index contributed by atoms with van der Waals surface area (Å²) in [6.07, 6.45) is 9.22. The number of carbonyl (C=O) groups is 2. The Balaban J connectivity index is 1.29. The van der Waals surface area contributed by atoms with Crippen molar-refractivity contribution in [3.8, 4) is 0 Å². The number of rotatable bonds is 5. The normalized spacial score (nSPS) is 28.9. The van der Waals surface area contributed by atoms with Crippen LogP contribution >= 0.6 is 0 Å². The van der Waals surface area contributed by atoms with Gasteiger partial charge in [0, 0.05) is 24.7 Å². The molecule has 1 aliphatic heterocycles. The third-order valence-corrected chi connectivity index (χ3v) is 5.99. The monoisotopic (exact) mass is 361 g/mol. The number of amides is 2. The Morgan fingerprint density at radius 2 is 1.92 bits per heavy atom. The van der Waals surface area contributed by atoms with Crippen LogP contribution in [0.2, 0.25) is 0 Å². The minimum atomic E-state index is -0.715. The molecule has 1 atom stereocenters. The number of nitrogens with one attached hydrogen (secondary N) is 1. The summed E-state index contributed by atoms with van der Waals surface area (Å²) in [5.74, 6) is -0.379. The standard InChI is InChI=1S/C18H27N5O3/c24-17(25)13-5-7-14(8-6-13)19-18(26)23-9-1-2-15(23)10-22-11-16(20-21-22)12-3-4-12/h11-15H,1-10H2,(H,19,26)(H,24,25)/t13?,14?,15-/m0/s1. The van der Waals surface area contributed by atoms with Crippen LogP contribution in [0.3, 0.4) is 0 Å². The van der Waals surface area contributed by atoms with Crippen molar-refractivity contribution < 1.29 is 14.7 Å². The average Bonchev–Trinajstić information content (AvgIpc) is 3.19. The van der Waals surface area contributed by atoms with E-state index in [1.54, 1.807) is 0 Å². The van der Waals surface area contributed by atoms with Crippen molar-refractivity contribution in [3.05, 3.63) is 11.9 Å². The molecule has 1 aromatic rings. The maximum absolute atomic E-state index is 12.7. The van der Waals surface area contributed by atoms with Gasteiger partial charge in [-0.05, 0) is 51.4 Å². The van der Waals surface area contributed by atoms with Gasteiger partial charge in [0.1, 0.15) is 0 Å². The van der Waals surface area contributed by atoms with E-state index in [0.717, 1.165) is 37.9 Å². The van der Waals surface area contributed by atoms with Gasteiger partial charge in [-0.2, -0.15) is 0 Å². The summed E-state index contributed by atoms with van der Waals surface area (Å²) in [4.78, 5) is 25.7. The fraction of sp³-hybridized carbons (Fsp3) is 0.778. The van der Waals surface area contributed by atoms with Crippen LogP contribution in [0.15, 0.2) is 6.20 Å². The van der Waals surface area contributed by atoms with Gasteiger partial charge in [0.15, 0.2) is 0 Å². The smallest absolute Gasteiger partial charge is 0.317 e. The minimum absolute atomic E-state index is 0.0196. The molecular formula is C18H27N5O3. The highest BCUT2D eigenvalue weighted by Gasteiger charge is 2.33. The lowest BCUT2D eigenvalue weighted by molar-refractivity contribution is -0.142. The topological polar surface area (TPSA) is 100 Å². The van der Waals surface area contributed by atoms with Gasteiger partial charge in [-0.1, -0.05) is 5.21 Å². The molecule has 1 saturated heterocycles. The number of nitrogens with zero attached hydrogens (tertiary/aromatic N) is 4. The summed E-state index contributed by atoms with van der Waals surface area (Å²) in [5, 5.41) is 20.7. The molecule has 0 radical (unpaired) electrons. The van der Waals surface area contributed by atoms with E-state index >= 15 is 0 Å². The second kappa shape index (κ2) is 7.25. The molecule has 2 heterocycles. The van der Waals surface area contributed by atoms with E-state index in [1.165, 1.54) is 12.8 Å². The molecule has 2 amide bonds. The summed E-state index contributed by atoms with van der Waals surface area (Å²) < 4.78 is 1.88. The molecule has 0 unspecified atom stereocenters. The lowest BCUT2D eigenvalue weighted by Crippen LogP contribution is -2.49. The Morgan fingerprint density at radius 3 is 2.62 bits per heavy atom. The molecule has 0 aromatic carbocycles. The quantitative estimate of drug-likeness (QED) is 0.835. The molecule has 2 N–H and O–H groups in total. The number of carboxylic acids is 1. The van der Waals surface area contributed by atoms with Gasteiger partial charge in [-0.15, -0.1) is 5.10 Å². The highest BCUT2D eigenvalue weighted by molar-refractivity contribution is 5.75. The van der Waals surface area contributed by atoms with Crippen molar-refractivity contribution in [2.45, 2.75) is 75.9 Å². The first-order valence-electron chi connectivity index (χ1n) is 9.80. The molecule has 4 rings (SSSR count). The molecule has 8 heteroatoms. The van der Waals surface area contributed by atoms with E-state index in [0.29, 0.717) is 25.3 Å². The van der Waals surface area contributed by atoms with Crippen molar-refractivity contribution in [1.82, 2.24) is 25.2 Å². The lowest BCUT2D eigenvalue weighted by atomic mass is 9.86. The number of urea groups is 1. The Kier molecular flexibility index (Phi) is 4.82. The van der Waals surface area contributed by atoms with Crippen LogP contribution < -0.4 is 5.32 Å². The zero-order valence-electron chi connectivity index (χ0n) is 15.0. The minimum Gasteiger partial charge on any atom is -0.481 e. The summed E-state index contributed by atoms with van der Waals surface area (Å²) in [7, 11) is 0. The van der Waals surface area contributed by atoms with Crippen LogP contribution in [0, 0.1) is 5.92 Å². The Bertz CT molecular complexity index is 664. The van der Waals surface area contributed by atoms with Crippen molar-refractivity contribution in [3.63, 3.8) is 0 Å². The van der Waals surface area contributed by atoms with E-state index in [-0.39, 0.29) is 24.0 Å². The van der Waals surface area contributed by atoms with E-state index < -0.39 is 5.97 Å². The Hall–Kier alpha value is -2.12. The summed E-state index contributed by atoms with van der Waals surface area (Å²) in [6.45, 7) is 1.46. The van der Waals surface area contributed by atoms with E-state index in [2.05, 4.69) is 15.6 Å². The first kappa shape index (κ1) is 17.3. The first-order chi connectivity index (χ1) is 12.6. The molecule has 2 saturated carbocycles. The lowest BCUT2D eigenvalue weighted by Gasteiger charge is -2.31. The van der Waals surface area contributed by atoms with E-state index in [9.17, 15) is 9.59 Å². The second-order valence-corrected chi connectivity index (χ2v) is 7.97. The van der Waals surface area contributed by atoms with Crippen molar-refractivity contribution >= 4 is 12.0 Å². The van der Waals surface area contributed by atoms with Gasteiger partial charge in [-0.3, -0.25) is 9.48 Å². The summed E-state index contributed by atoms with van der Waals surface area (Å²) in [5.41, 5.74) is 1.08. The highest BCUT2D eigenvalue weighted by Crippen LogP contribution is 2.38. The maximum atomic E-state index is 12.7. The number of carboxylic acid groups (broad SMARTS) is 1. The molecule has 3 fully saturated rings. The number of aromatic nitrogens is 3. The number of carbonyl (C=O) groups excluding carboxylic acids is 1. The molecule has 26 heavy (non-hydrogen) atoms. The van der Waals surface area contributed by atoms with Crippen LogP contribution in [0.4, 0.5) is 4.79 Å². The Morgan fingerprint density at radius 1 is 1.15 bits per heavy atom. The van der Waals surface area contributed by atoms with Gasteiger partial charge >= 0.3 is 12.0 Å². The van der Waals surface area contributed by atoms with Gasteiger partial charge in [0.25, 0.3) is 0 Å². The predicted octanol–water partition coefficient (Wildman–Crippen LogP) is 1.97. The number of likely N-dealkylation sites (tertiary alicyclic amines) is 1. The zero-order valence-corrected chi connectivity index (χ0v) is 15.0. The number of hydrogen-bond donors (Lipinski definition) is 2. The maximum Gasteiger partial charge on any atom is 0.317 e. The third kappa shape index (κ3) is 3.83. The third-order valence-electron chi connectivity index (χ3n) is 5.99. The summed E-state index contributed by atoms with van der Waals surface area (Å²) >= 11 is 0. The molecule has 2 aliphatic carbocycles. The molecule has 142 valence electrons. The Labute approximate surface area is 152 Å². The van der Waals surface area contributed by atoms with Crippen LogP contribution in [0.5, 0.6) is 0 Å². The number of hydrogen-bond acceptors (Lipinski definition) is 4. The second-order valence-electron chi connectivity index (χ2n) is 7.97. The SMILES string of the molecule is O=C(O)C1CCC(NC(=O)N2CCC[C@H]2Cn2cc(C3CC3)nn2)CC1. The van der Waals surface area contributed by atoms with Gasteiger partial charge < -0.3 is 15.3 Å². The largest absolute Gasteiger partial charge is 0.481 e.